The zero-order valence-corrected chi connectivity index (χ0v) is 16.9. The smallest absolute Gasteiger partial charge is 0.223 e. The van der Waals surface area contributed by atoms with Crippen LogP contribution in [0.2, 0.25) is 0 Å². The second-order valence-electron chi connectivity index (χ2n) is 9.01. The standard InChI is InChI=1S/C21H37N3O2/c1-15(2)13-20(26)24-14-16-7-5-11-23-12-6-8-17(21(16)23)18(24)9-4-10-19(25)22-3/h15-18,21H,4-14H2,1-3H3,(H,22,25)/t16-,17+,18+,21-/m0/s1. The van der Waals surface area contributed by atoms with Crippen molar-refractivity contribution in [2.24, 2.45) is 17.8 Å². The maximum Gasteiger partial charge on any atom is 0.223 e. The molecule has 2 amide bonds. The normalized spacial score (nSPS) is 31.6. The summed E-state index contributed by atoms with van der Waals surface area (Å²) in [7, 11) is 1.70. The van der Waals surface area contributed by atoms with Gasteiger partial charge in [0.05, 0.1) is 0 Å². The van der Waals surface area contributed by atoms with Crippen molar-refractivity contribution < 1.29 is 9.59 Å². The van der Waals surface area contributed by atoms with Crippen molar-refractivity contribution in [2.45, 2.75) is 77.3 Å². The lowest BCUT2D eigenvalue weighted by atomic mass is 9.69. The molecule has 4 atom stereocenters. The minimum Gasteiger partial charge on any atom is -0.359 e. The van der Waals surface area contributed by atoms with Crippen LogP contribution in [0.4, 0.5) is 0 Å². The highest BCUT2D eigenvalue weighted by Crippen LogP contribution is 2.43. The van der Waals surface area contributed by atoms with Crippen molar-refractivity contribution in [3.05, 3.63) is 0 Å². The zero-order chi connectivity index (χ0) is 18.7. The quantitative estimate of drug-likeness (QED) is 0.789. The number of amides is 2. The number of carbonyl (C=O) groups excluding carboxylic acids is 2. The van der Waals surface area contributed by atoms with Crippen molar-refractivity contribution >= 4 is 11.8 Å². The molecule has 0 bridgehead atoms. The van der Waals surface area contributed by atoms with Gasteiger partial charge in [0.15, 0.2) is 0 Å². The van der Waals surface area contributed by atoms with Gasteiger partial charge in [-0.2, -0.15) is 0 Å². The molecule has 0 spiro atoms. The molecular weight excluding hydrogens is 326 g/mol. The van der Waals surface area contributed by atoms with E-state index in [0.717, 1.165) is 19.4 Å². The molecule has 0 aliphatic carbocycles. The van der Waals surface area contributed by atoms with Gasteiger partial charge in [-0.15, -0.1) is 0 Å². The first-order chi connectivity index (χ1) is 12.5. The summed E-state index contributed by atoms with van der Waals surface area (Å²) in [5.41, 5.74) is 0. The molecule has 3 fully saturated rings. The van der Waals surface area contributed by atoms with Gasteiger partial charge in [0.25, 0.3) is 0 Å². The third-order valence-electron chi connectivity index (χ3n) is 6.76. The van der Waals surface area contributed by atoms with Gasteiger partial charge in [-0.05, 0) is 69.4 Å². The average molecular weight is 364 g/mol. The molecule has 5 nitrogen and oxygen atoms in total. The number of likely N-dealkylation sites (tertiary alicyclic amines) is 1. The van der Waals surface area contributed by atoms with E-state index in [9.17, 15) is 9.59 Å². The first kappa shape index (κ1) is 19.7. The molecule has 3 saturated heterocycles. The summed E-state index contributed by atoms with van der Waals surface area (Å²) in [6.07, 6.45) is 8.13. The van der Waals surface area contributed by atoms with E-state index in [-0.39, 0.29) is 5.91 Å². The van der Waals surface area contributed by atoms with Crippen LogP contribution in [0.1, 0.15) is 65.2 Å². The molecule has 3 aliphatic rings. The van der Waals surface area contributed by atoms with Crippen LogP contribution in [-0.2, 0) is 9.59 Å². The van der Waals surface area contributed by atoms with Crippen molar-refractivity contribution in [1.82, 2.24) is 15.1 Å². The van der Waals surface area contributed by atoms with Gasteiger partial charge in [0, 0.05) is 38.5 Å². The largest absolute Gasteiger partial charge is 0.359 e. The van der Waals surface area contributed by atoms with E-state index >= 15 is 0 Å². The summed E-state index contributed by atoms with van der Waals surface area (Å²) in [6, 6.07) is 0.999. The fourth-order valence-electron chi connectivity index (χ4n) is 5.72. The second kappa shape index (κ2) is 8.73. The fraction of sp³-hybridized carbons (Fsp3) is 0.905. The first-order valence-electron chi connectivity index (χ1n) is 10.7. The molecule has 148 valence electrons. The monoisotopic (exact) mass is 363 g/mol. The topological polar surface area (TPSA) is 52.7 Å². The van der Waals surface area contributed by atoms with Crippen molar-refractivity contribution in [3.8, 4) is 0 Å². The number of rotatable bonds is 6. The maximum atomic E-state index is 13.0. The van der Waals surface area contributed by atoms with Gasteiger partial charge in [-0.25, -0.2) is 0 Å². The molecule has 5 heteroatoms. The summed E-state index contributed by atoms with van der Waals surface area (Å²) in [5.74, 6) is 2.11. The molecule has 26 heavy (non-hydrogen) atoms. The van der Waals surface area contributed by atoms with E-state index in [0.29, 0.717) is 48.6 Å². The van der Waals surface area contributed by atoms with E-state index in [1.165, 1.54) is 38.8 Å². The Bertz CT molecular complexity index is 505. The van der Waals surface area contributed by atoms with Crippen LogP contribution < -0.4 is 5.32 Å². The Hall–Kier alpha value is -1.10. The van der Waals surface area contributed by atoms with E-state index in [1.54, 1.807) is 7.05 Å². The Morgan fingerprint density at radius 1 is 1.15 bits per heavy atom. The minimum atomic E-state index is 0.113. The highest BCUT2D eigenvalue weighted by molar-refractivity contribution is 5.77. The van der Waals surface area contributed by atoms with E-state index in [4.69, 9.17) is 0 Å². The summed E-state index contributed by atoms with van der Waals surface area (Å²) in [5, 5.41) is 2.72. The molecule has 0 unspecified atom stereocenters. The molecule has 0 aromatic carbocycles. The van der Waals surface area contributed by atoms with Gasteiger partial charge in [0.1, 0.15) is 0 Å². The third-order valence-corrected chi connectivity index (χ3v) is 6.76. The number of hydrogen-bond acceptors (Lipinski definition) is 3. The number of hydrogen-bond donors (Lipinski definition) is 1. The van der Waals surface area contributed by atoms with Crippen LogP contribution in [0.3, 0.4) is 0 Å². The third kappa shape index (κ3) is 4.24. The Balaban J connectivity index is 1.76. The number of nitrogens with zero attached hydrogens (tertiary/aromatic N) is 2. The molecule has 3 rings (SSSR count). The van der Waals surface area contributed by atoms with Crippen molar-refractivity contribution in [2.75, 3.05) is 26.7 Å². The predicted molar refractivity (Wildman–Crippen MR) is 104 cm³/mol. The van der Waals surface area contributed by atoms with E-state index < -0.39 is 0 Å². The van der Waals surface area contributed by atoms with Crippen molar-refractivity contribution in [1.29, 1.82) is 0 Å². The predicted octanol–water partition coefficient (Wildman–Crippen LogP) is 2.65. The first-order valence-corrected chi connectivity index (χ1v) is 10.7. The number of nitrogens with one attached hydrogen (secondary N) is 1. The maximum absolute atomic E-state index is 13.0. The number of carbonyl (C=O) groups is 2. The molecule has 0 aromatic heterocycles. The Kier molecular flexibility index (Phi) is 6.60. The molecule has 3 aliphatic heterocycles. The average Bonchev–Trinajstić information content (AvgIpc) is 2.62. The summed E-state index contributed by atoms with van der Waals surface area (Å²) in [6.45, 7) is 7.68. The van der Waals surface area contributed by atoms with Gasteiger partial charge >= 0.3 is 0 Å². The lowest BCUT2D eigenvalue weighted by molar-refractivity contribution is -0.147. The number of piperidine rings is 3. The summed E-state index contributed by atoms with van der Waals surface area (Å²) >= 11 is 0. The Morgan fingerprint density at radius 2 is 1.88 bits per heavy atom. The lowest BCUT2D eigenvalue weighted by Crippen LogP contribution is -2.65. The molecule has 0 aromatic rings. The van der Waals surface area contributed by atoms with Gasteiger partial charge in [0.2, 0.25) is 11.8 Å². The van der Waals surface area contributed by atoms with Gasteiger partial charge < -0.3 is 10.2 Å². The highest BCUT2D eigenvalue weighted by atomic mass is 16.2. The van der Waals surface area contributed by atoms with Crippen LogP contribution in [-0.4, -0.2) is 60.4 Å². The molecule has 1 N–H and O–H groups in total. The Labute approximate surface area is 158 Å². The van der Waals surface area contributed by atoms with Gasteiger partial charge in [-0.3, -0.25) is 14.5 Å². The van der Waals surface area contributed by atoms with Crippen LogP contribution in [0.25, 0.3) is 0 Å². The molecule has 0 saturated carbocycles. The molecule has 0 radical (unpaired) electrons. The minimum absolute atomic E-state index is 0.113. The Morgan fingerprint density at radius 3 is 2.58 bits per heavy atom. The van der Waals surface area contributed by atoms with Crippen LogP contribution in [0.5, 0.6) is 0 Å². The van der Waals surface area contributed by atoms with Crippen LogP contribution >= 0.6 is 0 Å². The van der Waals surface area contributed by atoms with Crippen LogP contribution in [0, 0.1) is 17.8 Å². The van der Waals surface area contributed by atoms with E-state index in [1.807, 2.05) is 0 Å². The summed E-state index contributed by atoms with van der Waals surface area (Å²) in [4.78, 5) is 29.7. The zero-order valence-electron chi connectivity index (χ0n) is 16.9. The molecule has 3 heterocycles. The highest BCUT2D eigenvalue weighted by Gasteiger charge is 2.49. The van der Waals surface area contributed by atoms with E-state index in [2.05, 4.69) is 29.0 Å². The fourth-order valence-corrected chi connectivity index (χ4v) is 5.72. The lowest BCUT2D eigenvalue weighted by Gasteiger charge is -2.57. The van der Waals surface area contributed by atoms with Crippen LogP contribution in [0.15, 0.2) is 0 Å². The van der Waals surface area contributed by atoms with Gasteiger partial charge in [-0.1, -0.05) is 13.8 Å². The van der Waals surface area contributed by atoms with Crippen molar-refractivity contribution in [3.63, 3.8) is 0 Å². The molecular formula is C21H37N3O2. The summed E-state index contributed by atoms with van der Waals surface area (Å²) < 4.78 is 0. The SMILES string of the molecule is CNC(=O)CCC[C@@H]1[C@H]2CCCN3CCC[C@@H](CN1C(=O)CC(C)C)[C@@H]23. The second-order valence-corrected chi connectivity index (χ2v) is 9.01.